The van der Waals surface area contributed by atoms with Crippen LogP contribution in [0.1, 0.15) is 43.3 Å². The fraction of sp³-hybridized carbons (Fsp3) is 0.733. The Balaban J connectivity index is 0.00000392. The summed E-state index contributed by atoms with van der Waals surface area (Å²) in [6, 6.07) is -0.155. The van der Waals surface area contributed by atoms with E-state index in [2.05, 4.69) is 34.5 Å². The first-order valence-electron chi connectivity index (χ1n) is 8.52. The molecule has 0 atom stereocenters. The van der Waals surface area contributed by atoms with E-state index in [1.807, 2.05) is 5.38 Å². The Morgan fingerprint density at radius 2 is 2.00 bits per heavy atom. The molecule has 1 aliphatic rings. The van der Waals surface area contributed by atoms with E-state index >= 15 is 0 Å². The van der Waals surface area contributed by atoms with Crippen molar-refractivity contribution in [2.45, 2.75) is 50.7 Å². The number of thiazole rings is 1. The molecular weight excluding hydrogens is 530 g/mol. The van der Waals surface area contributed by atoms with Crippen LogP contribution in [0.3, 0.4) is 0 Å². The first kappa shape index (κ1) is 25.4. The van der Waals surface area contributed by atoms with Gasteiger partial charge in [0.05, 0.1) is 17.2 Å². The number of hydrogen-bond donors (Lipinski definition) is 2. The molecule has 1 aliphatic heterocycles. The summed E-state index contributed by atoms with van der Waals surface area (Å²) in [6.07, 6.45) is 0.536. The number of hydrogen-bond acceptors (Lipinski definition) is 5. The SMILES string of the molecule is CN=C(NCc1csc(C(C)C)n1)NC1CCN(S(=O)(=O)C(F)(F)F)CC1.I. The van der Waals surface area contributed by atoms with Crippen molar-refractivity contribution in [3.8, 4) is 0 Å². The van der Waals surface area contributed by atoms with Crippen LogP contribution < -0.4 is 10.6 Å². The molecule has 0 radical (unpaired) electrons. The van der Waals surface area contributed by atoms with Gasteiger partial charge < -0.3 is 10.6 Å². The molecule has 0 unspecified atom stereocenters. The van der Waals surface area contributed by atoms with E-state index in [4.69, 9.17) is 0 Å². The highest BCUT2D eigenvalue weighted by molar-refractivity contribution is 14.0. The Kier molecular flexibility index (Phi) is 9.41. The van der Waals surface area contributed by atoms with Crippen LogP contribution in [0.2, 0.25) is 0 Å². The number of nitrogens with one attached hydrogen (secondary N) is 2. The second kappa shape index (κ2) is 10.4. The van der Waals surface area contributed by atoms with Gasteiger partial charge in [-0.25, -0.2) is 13.4 Å². The molecule has 7 nitrogen and oxygen atoms in total. The van der Waals surface area contributed by atoms with Crippen LogP contribution in [0, 0.1) is 0 Å². The van der Waals surface area contributed by atoms with E-state index in [9.17, 15) is 21.6 Å². The largest absolute Gasteiger partial charge is 0.511 e. The van der Waals surface area contributed by atoms with E-state index in [0.717, 1.165) is 10.7 Å². The molecule has 0 aromatic carbocycles. The number of sulfonamides is 1. The van der Waals surface area contributed by atoms with Gasteiger partial charge in [0.15, 0.2) is 5.96 Å². The topological polar surface area (TPSA) is 86.7 Å². The van der Waals surface area contributed by atoms with E-state index < -0.39 is 15.5 Å². The molecule has 2 N–H and O–H groups in total. The highest BCUT2D eigenvalue weighted by Gasteiger charge is 2.50. The highest BCUT2D eigenvalue weighted by atomic mass is 127. The van der Waals surface area contributed by atoms with Crippen molar-refractivity contribution in [1.29, 1.82) is 0 Å². The molecule has 0 spiro atoms. The van der Waals surface area contributed by atoms with Gasteiger partial charge in [-0.2, -0.15) is 17.5 Å². The van der Waals surface area contributed by atoms with Crippen molar-refractivity contribution in [1.82, 2.24) is 19.9 Å². The summed E-state index contributed by atoms with van der Waals surface area (Å²) < 4.78 is 61.2. The molecule has 13 heteroatoms. The minimum atomic E-state index is -5.26. The summed E-state index contributed by atoms with van der Waals surface area (Å²) in [6.45, 7) is 4.26. The first-order valence-corrected chi connectivity index (χ1v) is 10.8. The van der Waals surface area contributed by atoms with Crippen molar-refractivity contribution in [2.75, 3.05) is 20.1 Å². The summed E-state index contributed by atoms with van der Waals surface area (Å²) in [5, 5.41) is 9.27. The van der Waals surface area contributed by atoms with Crippen LogP contribution in [0.25, 0.3) is 0 Å². The molecular formula is C15H25F3IN5O2S2. The number of alkyl halides is 3. The van der Waals surface area contributed by atoms with Gasteiger partial charge in [0.2, 0.25) is 0 Å². The van der Waals surface area contributed by atoms with Gasteiger partial charge in [-0.05, 0) is 12.8 Å². The van der Waals surface area contributed by atoms with Crippen molar-refractivity contribution in [3.63, 3.8) is 0 Å². The van der Waals surface area contributed by atoms with E-state index in [0.29, 0.717) is 22.7 Å². The zero-order chi connectivity index (χ0) is 20.2. The van der Waals surface area contributed by atoms with E-state index in [1.54, 1.807) is 18.4 Å². The number of nitrogens with zero attached hydrogens (tertiary/aromatic N) is 3. The molecule has 2 heterocycles. The molecule has 1 fully saturated rings. The number of aromatic nitrogens is 1. The lowest BCUT2D eigenvalue weighted by atomic mass is 10.1. The van der Waals surface area contributed by atoms with Gasteiger partial charge in [-0.15, -0.1) is 35.3 Å². The van der Waals surface area contributed by atoms with E-state index in [1.165, 1.54) is 0 Å². The lowest BCUT2D eigenvalue weighted by Crippen LogP contribution is -2.51. The third kappa shape index (κ3) is 6.42. The van der Waals surface area contributed by atoms with Crippen LogP contribution in [0.15, 0.2) is 10.4 Å². The monoisotopic (exact) mass is 555 g/mol. The molecule has 1 aromatic heterocycles. The zero-order valence-electron chi connectivity index (χ0n) is 15.8. The molecule has 28 heavy (non-hydrogen) atoms. The predicted octanol–water partition coefficient (Wildman–Crippen LogP) is 2.86. The standard InChI is InChI=1S/C15H24F3N5O2S2.HI/c1-10(2)13-21-12(9-26-13)8-20-14(19-3)22-11-4-6-23(7-5-11)27(24,25)15(16,17)18;/h9-11H,4-8H2,1-3H3,(H2,19,20,22);1H. The Morgan fingerprint density at radius 1 is 1.39 bits per heavy atom. The predicted molar refractivity (Wildman–Crippen MR) is 115 cm³/mol. The van der Waals surface area contributed by atoms with Crippen LogP contribution in [0.4, 0.5) is 13.2 Å². The normalized spacial score (nSPS) is 17.5. The third-order valence-electron chi connectivity index (χ3n) is 4.15. The van der Waals surface area contributed by atoms with Crippen molar-refractivity contribution < 1.29 is 21.6 Å². The summed E-state index contributed by atoms with van der Waals surface area (Å²) in [5.74, 6) is 0.866. The van der Waals surface area contributed by atoms with Crippen LogP contribution in [-0.4, -0.2) is 55.4 Å². The van der Waals surface area contributed by atoms with Crippen molar-refractivity contribution in [2.24, 2.45) is 4.99 Å². The van der Waals surface area contributed by atoms with Gasteiger partial charge in [-0.1, -0.05) is 13.8 Å². The molecule has 0 amide bonds. The number of aliphatic imine (C=N–C) groups is 1. The summed E-state index contributed by atoms with van der Waals surface area (Å²) >= 11 is 1.59. The minimum Gasteiger partial charge on any atom is -0.354 e. The lowest BCUT2D eigenvalue weighted by molar-refractivity contribution is -0.0494. The molecule has 1 saturated heterocycles. The Morgan fingerprint density at radius 3 is 2.46 bits per heavy atom. The Bertz CT molecular complexity index is 760. The Labute approximate surface area is 184 Å². The average molecular weight is 555 g/mol. The fourth-order valence-corrected chi connectivity index (χ4v) is 4.44. The van der Waals surface area contributed by atoms with Crippen molar-refractivity contribution >= 4 is 51.3 Å². The summed E-state index contributed by atoms with van der Waals surface area (Å²) in [5.41, 5.74) is -4.37. The smallest absolute Gasteiger partial charge is 0.354 e. The third-order valence-corrected chi connectivity index (χ3v) is 6.98. The van der Waals surface area contributed by atoms with Gasteiger partial charge >= 0.3 is 15.5 Å². The number of guanidine groups is 1. The van der Waals surface area contributed by atoms with Crippen molar-refractivity contribution in [3.05, 3.63) is 16.1 Å². The fourth-order valence-electron chi connectivity index (χ4n) is 2.62. The second-order valence-corrected chi connectivity index (χ2v) is 9.35. The first-order chi connectivity index (χ1) is 12.5. The highest BCUT2D eigenvalue weighted by Crippen LogP contribution is 2.29. The van der Waals surface area contributed by atoms with Crippen LogP contribution >= 0.6 is 35.3 Å². The quantitative estimate of drug-likeness (QED) is 0.332. The van der Waals surface area contributed by atoms with Crippen LogP contribution in [-0.2, 0) is 16.6 Å². The minimum absolute atomic E-state index is 0. The Hall–Kier alpha value is -0.670. The molecule has 0 saturated carbocycles. The number of rotatable bonds is 5. The molecule has 1 aromatic rings. The number of halogens is 4. The average Bonchev–Trinajstić information content (AvgIpc) is 3.07. The van der Waals surface area contributed by atoms with Gasteiger partial charge in [0.1, 0.15) is 0 Å². The maximum Gasteiger partial charge on any atom is 0.511 e. The maximum atomic E-state index is 12.6. The molecule has 0 bridgehead atoms. The van der Waals surface area contributed by atoms with Gasteiger partial charge in [-0.3, -0.25) is 4.99 Å². The summed E-state index contributed by atoms with van der Waals surface area (Å²) in [7, 11) is -3.66. The van der Waals surface area contributed by atoms with E-state index in [-0.39, 0.29) is 55.9 Å². The molecule has 0 aliphatic carbocycles. The maximum absolute atomic E-state index is 12.6. The van der Waals surface area contributed by atoms with Gasteiger partial charge in [0, 0.05) is 37.5 Å². The number of piperidine rings is 1. The second-order valence-electron chi connectivity index (χ2n) is 6.53. The van der Waals surface area contributed by atoms with Gasteiger partial charge in [0.25, 0.3) is 0 Å². The molecule has 162 valence electrons. The summed E-state index contributed by atoms with van der Waals surface area (Å²) in [4.78, 5) is 8.62. The lowest BCUT2D eigenvalue weighted by Gasteiger charge is -2.32. The zero-order valence-corrected chi connectivity index (χ0v) is 19.7. The molecule has 2 rings (SSSR count). The van der Waals surface area contributed by atoms with Crippen LogP contribution in [0.5, 0.6) is 0 Å².